The first-order chi connectivity index (χ1) is 11.0. The van der Waals surface area contributed by atoms with Crippen LogP contribution in [-0.2, 0) is 4.79 Å². The number of nitro benzene ring substituents is 1. The molecule has 2 bridgehead atoms. The fraction of sp³-hybridized carbons (Fsp3) is 0.588. The van der Waals surface area contributed by atoms with E-state index in [9.17, 15) is 14.9 Å². The van der Waals surface area contributed by atoms with Crippen LogP contribution < -0.4 is 10.1 Å². The Balaban J connectivity index is 1.51. The zero-order chi connectivity index (χ0) is 16.4. The van der Waals surface area contributed by atoms with Gasteiger partial charge in [0.05, 0.1) is 4.92 Å². The molecule has 2 fully saturated rings. The highest BCUT2D eigenvalue weighted by atomic mass is 16.6. The SMILES string of the molecule is CC(NC(=O)COc1ccccc1[N+](=O)[O-])C1CC2CCC1C2. The molecule has 1 N–H and O–H groups in total. The molecule has 4 atom stereocenters. The Hall–Kier alpha value is -2.11. The number of rotatable bonds is 6. The van der Waals surface area contributed by atoms with Crippen molar-refractivity contribution in [3.05, 3.63) is 34.4 Å². The average Bonchev–Trinajstić information content (AvgIpc) is 3.16. The van der Waals surface area contributed by atoms with E-state index in [2.05, 4.69) is 5.32 Å². The zero-order valence-electron chi connectivity index (χ0n) is 13.2. The van der Waals surface area contributed by atoms with Crippen molar-refractivity contribution in [2.24, 2.45) is 17.8 Å². The number of hydrogen-bond donors (Lipinski definition) is 1. The van der Waals surface area contributed by atoms with Crippen LogP contribution in [-0.4, -0.2) is 23.5 Å². The fourth-order valence-corrected chi connectivity index (χ4v) is 4.18. The van der Waals surface area contributed by atoms with E-state index in [0.717, 1.165) is 11.8 Å². The van der Waals surface area contributed by atoms with Gasteiger partial charge < -0.3 is 10.1 Å². The van der Waals surface area contributed by atoms with Crippen molar-refractivity contribution in [2.45, 2.75) is 38.6 Å². The van der Waals surface area contributed by atoms with E-state index in [1.54, 1.807) is 12.1 Å². The van der Waals surface area contributed by atoms with Gasteiger partial charge in [0.15, 0.2) is 12.4 Å². The van der Waals surface area contributed by atoms with Crippen molar-refractivity contribution in [3.63, 3.8) is 0 Å². The Labute approximate surface area is 135 Å². The smallest absolute Gasteiger partial charge is 0.310 e. The van der Waals surface area contributed by atoms with Gasteiger partial charge in [0.2, 0.25) is 0 Å². The van der Waals surface area contributed by atoms with Gasteiger partial charge in [-0.15, -0.1) is 0 Å². The number of nitrogens with one attached hydrogen (secondary N) is 1. The number of benzene rings is 1. The summed E-state index contributed by atoms with van der Waals surface area (Å²) in [4.78, 5) is 22.5. The summed E-state index contributed by atoms with van der Waals surface area (Å²) in [5, 5.41) is 13.9. The Morgan fingerprint density at radius 3 is 2.83 bits per heavy atom. The highest BCUT2D eigenvalue weighted by molar-refractivity contribution is 5.78. The lowest BCUT2D eigenvalue weighted by molar-refractivity contribution is -0.385. The molecule has 0 heterocycles. The summed E-state index contributed by atoms with van der Waals surface area (Å²) in [6.45, 7) is 1.85. The van der Waals surface area contributed by atoms with E-state index >= 15 is 0 Å². The standard InChI is InChI=1S/C17H22N2O4/c1-11(14-9-12-6-7-13(14)8-12)18-17(20)10-23-16-5-3-2-4-15(16)19(21)22/h2-5,11-14H,6-10H2,1H3,(H,18,20). The maximum absolute atomic E-state index is 12.1. The van der Waals surface area contributed by atoms with Crippen LogP contribution in [0.25, 0.3) is 0 Å². The Bertz CT molecular complexity index is 604. The molecular formula is C17H22N2O4. The molecular weight excluding hydrogens is 296 g/mol. The summed E-state index contributed by atoms with van der Waals surface area (Å²) < 4.78 is 5.33. The molecule has 1 aromatic rings. The lowest BCUT2D eigenvalue weighted by atomic mass is 9.84. The molecule has 0 aromatic heterocycles. The number of hydrogen-bond acceptors (Lipinski definition) is 4. The molecule has 1 amide bonds. The number of nitro groups is 1. The van der Waals surface area contributed by atoms with Crippen LogP contribution in [0, 0.1) is 27.9 Å². The zero-order valence-corrected chi connectivity index (χ0v) is 13.2. The average molecular weight is 318 g/mol. The van der Waals surface area contributed by atoms with E-state index in [0.29, 0.717) is 5.92 Å². The van der Waals surface area contributed by atoms with E-state index in [-0.39, 0.29) is 30.0 Å². The van der Waals surface area contributed by atoms with Crippen molar-refractivity contribution >= 4 is 11.6 Å². The summed E-state index contributed by atoms with van der Waals surface area (Å²) in [5.74, 6) is 2.04. The second-order valence-electron chi connectivity index (χ2n) is 6.71. The molecule has 6 heteroatoms. The topological polar surface area (TPSA) is 81.5 Å². The molecule has 3 rings (SSSR count). The van der Waals surface area contributed by atoms with Crippen molar-refractivity contribution in [1.82, 2.24) is 5.32 Å². The van der Waals surface area contributed by atoms with Crippen molar-refractivity contribution in [1.29, 1.82) is 0 Å². The molecule has 0 spiro atoms. The maximum atomic E-state index is 12.1. The van der Waals surface area contributed by atoms with Crippen LogP contribution in [0.15, 0.2) is 24.3 Å². The van der Waals surface area contributed by atoms with Crippen molar-refractivity contribution in [2.75, 3.05) is 6.61 Å². The van der Waals surface area contributed by atoms with Gasteiger partial charge in [0.1, 0.15) is 0 Å². The quantitative estimate of drug-likeness (QED) is 0.646. The van der Waals surface area contributed by atoms with Crippen LogP contribution in [0.4, 0.5) is 5.69 Å². The monoisotopic (exact) mass is 318 g/mol. The molecule has 0 aliphatic heterocycles. The van der Waals surface area contributed by atoms with Gasteiger partial charge in [-0.3, -0.25) is 14.9 Å². The first kappa shape index (κ1) is 15.8. The molecule has 23 heavy (non-hydrogen) atoms. The van der Waals surface area contributed by atoms with Gasteiger partial charge in [-0.05, 0) is 50.0 Å². The van der Waals surface area contributed by atoms with Gasteiger partial charge in [-0.25, -0.2) is 0 Å². The first-order valence-corrected chi connectivity index (χ1v) is 8.20. The minimum atomic E-state index is -0.509. The van der Waals surface area contributed by atoms with Crippen LogP contribution in [0.3, 0.4) is 0 Å². The minimum absolute atomic E-state index is 0.124. The predicted molar refractivity (Wildman–Crippen MR) is 85.1 cm³/mol. The number of carbonyl (C=O) groups is 1. The highest BCUT2D eigenvalue weighted by Crippen LogP contribution is 2.49. The summed E-state index contributed by atoms with van der Waals surface area (Å²) in [5.41, 5.74) is -0.124. The van der Waals surface area contributed by atoms with Crippen molar-refractivity contribution in [3.8, 4) is 5.75 Å². The summed E-state index contributed by atoms with van der Waals surface area (Å²) in [6, 6.07) is 6.23. The number of nitrogens with zero attached hydrogens (tertiary/aromatic N) is 1. The van der Waals surface area contributed by atoms with Gasteiger partial charge in [0.25, 0.3) is 5.91 Å². The lowest BCUT2D eigenvalue weighted by Gasteiger charge is -2.28. The first-order valence-electron chi connectivity index (χ1n) is 8.20. The summed E-state index contributed by atoms with van der Waals surface area (Å²) in [7, 11) is 0. The molecule has 0 radical (unpaired) electrons. The van der Waals surface area contributed by atoms with Gasteiger partial charge in [-0.1, -0.05) is 18.6 Å². The molecule has 2 aliphatic carbocycles. The lowest BCUT2D eigenvalue weighted by Crippen LogP contribution is -2.42. The second kappa shape index (κ2) is 6.56. The number of ether oxygens (including phenoxy) is 1. The number of carbonyl (C=O) groups excluding carboxylic acids is 1. The molecule has 0 saturated heterocycles. The Kier molecular flexibility index (Phi) is 4.50. The number of para-hydroxylation sites is 2. The highest BCUT2D eigenvalue weighted by Gasteiger charge is 2.42. The Morgan fingerprint density at radius 2 is 2.17 bits per heavy atom. The van der Waals surface area contributed by atoms with E-state index in [4.69, 9.17) is 4.74 Å². The molecule has 124 valence electrons. The fourth-order valence-electron chi connectivity index (χ4n) is 4.18. The predicted octanol–water partition coefficient (Wildman–Crippen LogP) is 2.91. The van der Waals surface area contributed by atoms with E-state index in [1.165, 1.54) is 37.8 Å². The second-order valence-corrected chi connectivity index (χ2v) is 6.71. The molecule has 4 unspecified atom stereocenters. The molecule has 6 nitrogen and oxygen atoms in total. The van der Waals surface area contributed by atoms with E-state index < -0.39 is 4.92 Å². The van der Waals surface area contributed by atoms with Gasteiger partial charge >= 0.3 is 5.69 Å². The van der Waals surface area contributed by atoms with Gasteiger partial charge in [-0.2, -0.15) is 0 Å². The van der Waals surface area contributed by atoms with E-state index in [1.807, 2.05) is 6.92 Å². The largest absolute Gasteiger partial charge is 0.477 e. The summed E-state index contributed by atoms with van der Waals surface area (Å²) >= 11 is 0. The van der Waals surface area contributed by atoms with Crippen molar-refractivity contribution < 1.29 is 14.5 Å². The third-order valence-electron chi connectivity index (χ3n) is 5.24. The van der Waals surface area contributed by atoms with Crippen LogP contribution in [0.5, 0.6) is 5.75 Å². The van der Waals surface area contributed by atoms with Gasteiger partial charge in [0, 0.05) is 12.1 Å². The molecule has 2 aliphatic rings. The Morgan fingerprint density at radius 1 is 1.39 bits per heavy atom. The summed E-state index contributed by atoms with van der Waals surface area (Å²) in [6.07, 6.45) is 5.12. The van der Waals surface area contributed by atoms with Crippen LogP contribution in [0.2, 0.25) is 0 Å². The van der Waals surface area contributed by atoms with Crippen LogP contribution in [0.1, 0.15) is 32.6 Å². The number of fused-ring (bicyclic) bond motifs is 2. The van der Waals surface area contributed by atoms with Crippen LogP contribution >= 0.6 is 0 Å². The molecule has 1 aromatic carbocycles. The molecule has 2 saturated carbocycles. The third-order valence-corrected chi connectivity index (χ3v) is 5.24. The maximum Gasteiger partial charge on any atom is 0.310 e. The third kappa shape index (κ3) is 3.46. The normalized spacial score (nSPS) is 26.7. The minimum Gasteiger partial charge on any atom is -0.477 e. The number of amides is 1.